The highest BCUT2D eigenvalue weighted by Gasteiger charge is 2.28. The molecule has 2 atom stereocenters. The summed E-state index contributed by atoms with van der Waals surface area (Å²) >= 11 is 0. The minimum atomic E-state index is -0.0635. The molecule has 122 valence electrons. The zero-order valence-corrected chi connectivity index (χ0v) is 13.5. The molecule has 1 N–H and O–H groups in total. The predicted molar refractivity (Wildman–Crippen MR) is 85.7 cm³/mol. The van der Waals surface area contributed by atoms with Crippen LogP contribution >= 0.6 is 0 Å². The van der Waals surface area contributed by atoms with Gasteiger partial charge in [-0.25, -0.2) is 4.79 Å². The van der Waals surface area contributed by atoms with E-state index in [2.05, 4.69) is 20.5 Å². The van der Waals surface area contributed by atoms with E-state index in [0.29, 0.717) is 6.54 Å². The van der Waals surface area contributed by atoms with Crippen molar-refractivity contribution in [3.8, 4) is 0 Å². The molecule has 0 bridgehead atoms. The minimum absolute atomic E-state index is 0.0341. The third-order valence-corrected chi connectivity index (χ3v) is 4.34. The lowest BCUT2D eigenvalue weighted by atomic mass is 9.97. The SMILES string of the molecule is C[C@H](NC(=O)N1CCC[C@H](c2nncn2C)C1)c1cccnc1. The van der Waals surface area contributed by atoms with E-state index in [4.69, 9.17) is 0 Å². The van der Waals surface area contributed by atoms with Gasteiger partial charge in [0.2, 0.25) is 0 Å². The first-order chi connectivity index (χ1) is 11.1. The number of amides is 2. The van der Waals surface area contributed by atoms with Crippen LogP contribution in [0.4, 0.5) is 4.79 Å². The quantitative estimate of drug-likeness (QED) is 0.938. The first-order valence-electron chi connectivity index (χ1n) is 7.94. The van der Waals surface area contributed by atoms with Crippen molar-refractivity contribution in [1.82, 2.24) is 30.0 Å². The van der Waals surface area contributed by atoms with Gasteiger partial charge in [0.1, 0.15) is 12.2 Å². The maximum Gasteiger partial charge on any atom is 0.317 e. The number of hydrogen-bond donors (Lipinski definition) is 1. The minimum Gasteiger partial charge on any atom is -0.331 e. The fourth-order valence-corrected chi connectivity index (χ4v) is 3.03. The molecule has 2 aromatic heterocycles. The number of aromatic nitrogens is 4. The van der Waals surface area contributed by atoms with Crippen LogP contribution in [0, 0.1) is 0 Å². The van der Waals surface area contributed by atoms with Gasteiger partial charge in [-0.15, -0.1) is 10.2 Å². The molecule has 0 saturated carbocycles. The number of rotatable bonds is 3. The van der Waals surface area contributed by atoms with E-state index in [1.54, 1.807) is 18.7 Å². The lowest BCUT2D eigenvalue weighted by Crippen LogP contribution is -2.46. The Morgan fingerprint density at radius 1 is 1.48 bits per heavy atom. The monoisotopic (exact) mass is 314 g/mol. The highest BCUT2D eigenvalue weighted by molar-refractivity contribution is 5.74. The van der Waals surface area contributed by atoms with Gasteiger partial charge in [-0.05, 0) is 31.4 Å². The third-order valence-electron chi connectivity index (χ3n) is 4.34. The molecular weight excluding hydrogens is 292 g/mol. The van der Waals surface area contributed by atoms with Crippen LogP contribution in [0.2, 0.25) is 0 Å². The number of aryl methyl sites for hydroxylation is 1. The summed E-state index contributed by atoms with van der Waals surface area (Å²) in [5.74, 6) is 1.19. The van der Waals surface area contributed by atoms with E-state index in [1.165, 1.54) is 0 Å². The molecule has 23 heavy (non-hydrogen) atoms. The standard InChI is InChI=1S/C16H22N6O/c1-12(13-5-3-7-17-9-13)19-16(23)22-8-4-6-14(10-22)15-20-18-11-21(15)2/h3,5,7,9,11-12,14H,4,6,8,10H2,1-2H3,(H,19,23)/t12-,14-/m0/s1. The van der Waals surface area contributed by atoms with Crippen molar-refractivity contribution < 1.29 is 4.79 Å². The summed E-state index contributed by atoms with van der Waals surface area (Å²) in [6.07, 6.45) is 7.23. The van der Waals surface area contributed by atoms with Crippen molar-refractivity contribution in [2.75, 3.05) is 13.1 Å². The normalized spacial score (nSPS) is 19.4. The van der Waals surface area contributed by atoms with Gasteiger partial charge in [0.15, 0.2) is 0 Å². The molecule has 3 rings (SSSR count). The van der Waals surface area contributed by atoms with E-state index in [-0.39, 0.29) is 18.0 Å². The highest BCUT2D eigenvalue weighted by atomic mass is 16.2. The smallest absolute Gasteiger partial charge is 0.317 e. The second-order valence-electron chi connectivity index (χ2n) is 6.04. The fraction of sp³-hybridized carbons (Fsp3) is 0.500. The molecule has 2 amide bonds. The lowest BCUT2D eigenvalue weighted by Gasteiger charge is -2.33. The summed E-state index contributed by atoms with van der Waals surface area (Å²) in [5.41, 5.74) is 1.00. The number of nitrogens with zero attached hydrogens (tertiary/aromatic N) is 5. The van der Waals surface area contributed by atoms with Crippen LogP contribution < -0.4 is 5.32 Å². The molecule has 1 aliphatic heterocycles. The Morgan fingerprint density at radius 2 is 2.35 bits per heavy atom. The molecule has 1 aliphatic rings. The van der Waals surface area contributed by atoms with E-state index in [1.807, 2.05) is 35.6 Å². The second kappa shape index (κ2) is 6.76. The molecule has 7 heteroatoms. The van der Waals surface area contributed by atoms with Crippen LogP contribution in [0.5, 0.6) is 0 Å². The fourth-order valence-electron chi connectivity index (χ4n) is 3.03. The van der Waals surface area contributed by atoms with Crippen LogP contribution in [-0.2, 0) is 7.05 Å². The molecule has 0 aliphatic carbocycles. The maximum atomic E-state index is 12.5. The summed E-state index contributed by atoms with van der Waals surface area (Å²) in [6.45, 7) is 3.43. The van der Waals surface area contributed by atoms with Gasteiger partial charge in [-0.2, -0.15) is 0 Å². The summed E-state index contributed by atoms with van der Waals surface area (Å²) in [7, 11) is 1.94. The number of hydrogen-bond acceptors (Lipinski definition) is 4. The van der Waals surface area contributed by atoms with E-state index >= 15 is 0 Å². The molecule has 0 radical (unpaired) electrons. The van der Waals surface area contributed by atoms with E-state index in [9.17, 15) is 4.79 Å². The van der Waals surface area contributed by atoms with Gasteiger partial charge in [-0.3, -0.25) is 4.98 Å². The summed E-state index contributed by atoms with van der Waals surface area (Å²) in [4.78, 5) is 18.5. The van der Waals surface area contributed by atoms with Crippen LogP contribution in [0.25, 0.3) is 0 Å². The molecule has 0 unspecified atom stereocenters. The Labute approximate surface area is 135 Å². The lowest BCUT2D eigenvalue weighted by molar-refractivity contribution is 0.175. The van der Waals surface area contributed by atoms with Crippen molar-refractivity contribution in [2.45, 2.75) is 31.7 Å². The third kappa shape index (κ3) is 3.49. The maximum absolute atomic E-state index is 12.5. The van der Waals surface area contributed by atoms with Gasteiger partial charge in [-0.1, -0.05) is 6.07 Å². The zero-order chi connectivity index (χ0) is 16.2. The van der Waals surface area contributed by atoms with Gasteiger partial charge < -0.3 is 14.8 Å². The van der Waals surface area contributed by atoms with Crippen LogP contribution in [-0.4, -0.2) is 43.8 Å². The first kappa shape index (κ1) is 15.5. The number of piperidine rings is 1. The van der Waals surface area contributed by atoms with Gasteiger partial charge in [0.25, 0.3) is 0 Å². The first-order valence-corrected chi connectivity index (χ1v) is 7.94. The Hall–Kier alpha value is -2.44. The topological polar surface area (TPSA) is 75.9 Å². The van der Waals surface area contributed by atoms with E-state index in [0.717, 1.165) is 30.8 Å². The Balaban J connectivity index is 1.62. The Kier molecular flexibility index (Phi) is 4.55. The number of pyridine rings is 1. The Morgan fingerprint density at radius 3 is 3.04 bits per heavy atom. The van der Waals surface area contributed by atoms with E-state index < -0.39 is 0 Å². The van der Waals surface area contributed by atoms with Crippen molar-refractivity contribution in [3.63, 3.8) is 0 Å². The largest absolute Gasteiger partial charge is 0.331 e. The van der Waals surface area contributed by atoms with Gasteiger partial charge in [0, 0.05) is 38.4 Å². The molecule has 2 aromatic rings. The number of urea groups is 1. The molecule has 1 saturated heterocycles. The number of carbonyl (C=O) groups excluding carboxylic acids is 1. The number of carbonyl (C=O) groups is 1. The van der Waals surface area contributed by atoms with Crippen molar-refractivity contribution in [2.24, 2.45) is 7.05 Å². The van der Waals surface area contributed by atoms with Crippen LogP contribution in [0.15, 0.2) is 30.9 Å². The summed E-state index contributed by atoms with van der Waals surface area (Å²) in [6, 6.07) is 3.75. The Bertz CT molecular complexity index is 656. The molecule has 0 aromatic carbocycles. The van der Waals surface area contributed by atoms with Crippen LogP contribution in [0.1, 0.15) is 43.1 Å². The molecule has 0 spiro atoms. The average Bonchev–Trinajstić information content (AvgIpc) is 3.02. The summed E-state index contributed by atoms with van der Waals surface area (Å²) in [5, 5.41) is 11.2. The number of likely N-dealkylation sites (tertiary alicyclic amines) is 1. The van der Waals surface area contributed by atoms with Crippen LogP contribution in [0.3, 0.4) is 0 Å². The molecule has 1 fully saturated rings. The number of nitrogens with one attached hydrogen (secondary N) is 1. The molecule has 7 nitrogen and oxygen atoms in total. The average molecular weight is 314 g/mol. The highest BCUT2D eigenvalue weighted by Crippen LogP contribution is 2.25. The second-order valence-corrected chi connectivity index (χ2v) is 6.04. The van der Waals surface area contributed by atoms with Crippen molar-refractivity contribution in [3.05, 3.63) is 42.2 Å². The van der Waals surface area contributed by atoms with Gasteiger partial charge in [0.05, 0.1) is 6.04 Å². The molecule has 3 heterocycles. The predicted octanol–water partition coefficient (Wildman–Crippen LogP) is 1.86. The van der Waals surface area contributed by atoms with Crippen molar-refractivity contribution >= 4 is 6.03 Å². The molecular formula is C16H22N6O. The van der Waals surface area contributed by atoms with Crippen molar-refractivity contribution in [1.29, 1.82) is 0 Å². The van der Waals surface area contributed by atoms with Gasteiger partial charge >= 0.3 is 6.03 Å². The summed E-state index contributed by atoms with van der Waals surface area (Å²) < 4.78 is 1.93. The zero-order valence-electron chi connectivity index (χ0n) is 13.5.